The highest BCUT2D eigenvalue weighted by molar-refractivity contribution is 7.91. The summed E-state index contributed by atoms with van der Waals surface area (Å²) >= 11 is 5.88. The van der Waals surface area contributed by atoms with Gasteiger partial charge in [-0.25, -0.2) is 8.42 Å². The molecule has 0 N–H and O–H groups in total. The molecule has 0 aromatic heterocycles. The molecule has 1 saturated heterocycles. The van der Waals surface area contributed by atoms with Gasteiger partial charge in [-0.15, -0.1) is 11.6 Å². The van der Waals surface area contributed by atoms with Crippen LogP contribution in [-0.4, -0.2) is 49.7 Å². The van der Waals surface area contributed by atoms with Crippen LogP contribution in [0.25, 0.3) is 0 Å². The van der Waals surface area contributed by atoms with Gasteiger partial charge >= 0.3 is 0 Å². The van der Waals surface area contributed by atoms with Crippen LogP contribution in [0.5, 0.6) is 0 Å². The van der Waals surface area contributed by atoms with Gasteiger partial charge in [0.15, 0.2) is 9.84 Å². The van der Waals surface area contributed by atoms with E-state index in [1.165, 1.54) is 4.90 Å². The van der Waals surface area contributed by atoms with Gasteiger partial charge in [0.25, 0.3) is 0 Å². The van der Waals surface area contributed by atoms with Crippen molar-refractivity contribution in [3.8, 4) is 0 Å². The highest BCUT2D eigenvalue weighted by atomic mass is 35.5. The molecule has 0 radical (unpaired) electrons. The van der Waals surface area contributed by atoms with E-state index < -0.39 is 15.6 Å². The van der Waals surface area contributed by atoms with E-state index in [2.05, 4.69) is 0 Å². The van der Waals surface area contributed by atoms with Crippen molar-refractivity contribution in [3.05, 3.63) is 0 Å². The Kier molecular flexibility index (Phi) is 3.78. The van der Waals surface area contributed by atoms with Gasteiger partial charge in [-0.2, -0.15) is 0 Å². The van der Waals surface area contributed by atoms with Crippen LogP contribution in [0.3, 0.4) is 0 Å². The molecule has 1 atom stereocenters. The summed E-state index contributed by atoms with van der Waals surface area (Å²) in [5, 5.41) is -0.0349. The lowest BCUT2D eigenvalue weighted by atomic mass is 10.1. The minimum atomic E-state index is -3.22. The molecule has 1 amide bonds. The summed E-state index contributed by atoms with van der Waals surface area (Å²) in [6.45, 7) is 1.09. The molecule has 1 rings (SSSR count). The van der Waals surface area contributed by atoms with E-state index in [9.17, 15) is 13.2 Å². The fourth-order valence-corrected chi connectivity index (χ4v) is 2.42. The predicted molar refractivity (Wildman–Crippen MR) is 55.2 cm³/mol. The number of halogens is 1. The van der Waals surface area contributed by atoms with E-state index >= 15 is 0 Å². The summed E-state index contributed by atoms with van der Waals surface area (Å²) in [6, 6.07) is 0. The van der Waals surface area contributed by atoms with Gasteiger partial charge in [0.05, 0.1) is 5.38 Å². The van der Waals surface area contributed by atoms with Crippen molar-refractivity contribution in [1.29, 1.82) is 0 Å². The van der Waals surface area contributed by atoms with Gasteiger partial charge in [-0.05, 0) is 12.8 Å². The SMILES string of the molecule is CS(=O)(=O)CC(=O)N1CCCC(Cl)C1. The maximum absolute atomic E-state index is 11.4. The molecule has 14 heavy (non-hydrogen) atoms. The highest BCUT2D eigenvalue weighted by Crippen LogP contribution is 2.15. The molecule has 0 saturated carbocycles. The van der Waals surface area contributed by atoms with Gasteiger partial charge in [-0.3, -0.25) is 4.79 Å². The van der Waals surface area contributed by atoms with Crippen molar-refractivity contribution < 1.29 is 13.2 Å². The fourth-order valence-electron chi connectivity index (χ4n) is 1.47. The lowest BCUT2D eigenvalue weighted by Crippen LogP contribution is -2.42. The van der Waals surface area contributed by atoms with Gasteiger partial charge in [0, 0.05) is 19.3 Å². The van der Waals surface area contributed by atoms with E-state index in [0.29, 0.717) is 13.1 Å². The van der Waals surface area contributed by atoms with Crippen molar-refractivity contribution in [3.63, 3.8) is 0 Å². The second-order valence-electron chi connectivity index (χ2n) is 3.65. The number of amides is 1. The van der Waals surface area contributed by atoms with E-state index in [1.807, 2.05) is 0 Å². The third-order valence-electron chi connectivity index (χ3n) is 2.10. The number of nitrogens with zero attached hydrogens (tertiary/aromatic N) is 1. The topological polar surface area (TPSA) is 54.5 Å². The summed E-state index contributed by atoms with van der Waals surface area (Å²) in [7, 11) is -3.22. The third-order valence-corrected chi connectivity index (χ3v) is 3.23. The Bertz CT molecular complexity index is 315. The Morgan fingerprint density at radius 3 is 2.71 bits per heavy atom. The van der Waals surface area contributed by atoms with Crippen LogP contribution < -0.4 is 0 Å². The summed E-state index contributed by atoms with van der Waals surface area (Å²) in [5.41, 5.74) is 0. The first-order valence-electron chi connectivity index (χ1n) is 4.48. The molecule has 0 bridgehead atoms. The lowest BCUT2D eigenvalue weighted by molar-refractivity contribution is -0.129. The summed E-state index contributed by atoms with van der Waals surface area (Å²) in [6.07, 6.45) is 2.81. The number of carbonyl (C=O) groups excluding carboxylic acids is 1. The lowest BCUT2D eigenvalue weighted by Gasteiger charge is -2.29. The largest absolute Gasteiger partial charge is 0.340 e. The van der Waals surface area contributed by atoms with Crippen molar-refractivity contribution in [1.82, 2.24) is 4.90 Å². The van der Waals surface area contributed by atoms with Crippen LogP contribution in [0.2, 0.25) is 0 Å². The fraction of sp³-hybridized carbons (Fsp3) is 0.875. The molecule has 82 valence electrons. The first-order chi connectivity index (χ1) is 6.38. The molecular weight excluding hydrogens is 226 g/mol. The molecule has 1 heterocycles. The number of likely N-dealkylation sites (tertiary alicyclic amines) is 1. The molecular formula is C8H14ClNO3S. The average molecular weight is 240 g/mol. The molecule has 1 unspecified atom stereocenters. The second-order valence-corrected chi connectivity index (χ2v) is 6.41. The quantitative estimate of drug-likeness (QED) is 0.650. The van der Waals surface area contributed by atoms with Gasteiger partial charge in [0.2, 0.25) is 5.91 Å². The number of carbonyl (C=O) groups is 1. The maximum Gasteiger partial charge on any atom is 0.237 e. The molecule has 0 aromatic carbocycles. The van der Waals surface area contributed by atoms with Gasteiger partial charge in [0.1, 0.15) is 5.75 Å². The Morgan fingerprint density at radius 2 is 2.21 bits per heavy atom. The number of hydrogen-bond acceptors (Lipinski definition) is 3. The van der Waals surface area contributed by atoms with Gasteiger partial charge in [-0.1, -0.05) is 0 Å². The molecule has 1 aliphatic rings. The minimum Gasteiger partial charge on any atom is -0.340 e. The van der Waals surface area contributed by atoms with Crippen molar-refractivity contribution in [2.45, 2.75) is 18.2 Å². The summed E-state index contributed by atoms with van der Waals surface area (Å²) in [5.74, 6) is -0.741. The molecule has 0 spiro atoms. The molecule has 1 aliphatic heterocycles. The minimum absolute atomic E-state index is 0.0349. The van der Waals surface area contributed by atoms with Crippen LogP contribution in [0.15, 0.2) is 0 Å². The number of piperidine rings is 1. The monoisotopic (exact) mass is 239 g/mol. The Labute approximate surface area is 89.1 Å². The first kappa shape index (κ1) is 11.8. The summed E-state index contributed by atoms with van der Waals surface area (Å²) in [4.78, 5) is 13.0. The molecule has 0 aliphatic carbocycles. The van der Waals surface area contributed by atoms with Crippen LogP contribution >= 0.6 is 11.6 Å². The van der Waals surface area contributed by atoms with Gasteiger partial charge < -0.3 is 4.90 Å². The maximum atomic E-state index is 11.4. The molecule has 6 heteroatoms. The number of rotatable bonds is 2. The van der Waals surface area contributed by atoms with E-state index in [0.717, 1.165) is 19.1 Å². The van der Waals surface area contributed by atoms with Crippen LogP contribution in [-0.2, 0) is 14.6 Å². The molecule has 0 aromatic rings. The van der Waals surface area contributed by atoms with Crippen molar-refractivity contribution in [2.75, 3.05) is 25.1 Å². The first-order valence-corrected chi connectivity index (χ1v) is 6.98. The Balaban J connectivity index is 2.52. The standard InChI is InChI=1S/C8H14ClNO3S/c1-14(12,13)6-8(11)10-4-2-3-7(9)5-10/h7H,2-6H2,1H3. The molecule has 4 nitrogen and oxygen atoms in total. The van der Waals surface area contributed by atoms with Crippen LogP contribution in [0.1, 0.15) is 12.8 Å². The van der Waals surface area contributed by atoms with E-state index in [4.69, 9.17) is 11.6 Å². The van der Waals surface area contributed by atoms with Crippen LogP contribution in [0, 0.1) is 0 Å². The predicted octanol–water partition coefficient (Wildman–Crippen LogP) is 0.261. The number of alkyl halides is 1. The summed E-state index contributed by atoms with van der Waals surface area (Å²) < 4.78 is 21.8. The number of sulfone groups is 1. The average Bonchev–Trinajstić information content (AvgIpc) is 2.01. The number of hydrogen-bond donors (Lipinski definition) is 0. The van der Waals surface area contributed by atoms with E-state index in [-0.39, 0.29) is 11.3 Å². The van der Waals surface area contributed by atoms with Crippen LogP contribution in [0.4, 0.5) is 0 Å². The normalized spacial score (nSPS) is 23.6. The Hall–Kier alpha value is -0.290. The molecule has 1 fully saturated rings. The highest BCUT2D eigenvalue weighted by Gasteiger charge is 2.24. The van der Waals surface area contributed by atoms with Crippen molar-refractivity contribution >= 4 is 27.3 Å². The zero-order valence-electron chi connectivity index (χ0n) is 8.07. The zero-order valence-corrected chi connectivity index (χ0v) is 9.64. The third kappa shape index (κ3) is 3.84. The second kappa shape index (κ2) is 4.49. The van der Waals surface area contributed by atoms with E-state index in [1.54, 1.807) is 0 Å². The zero-order chi connectivity index (χ0) is 10.8. The smallest absolute Gasteiger partial charge is 0.237 e. The Morgan fingerprint density at radius 1 is 1.57 bits per heavy atom. The van der Waals surface area contributed by atoms with Crippen molar-refractivity contribution in [2.24, 2.45) is 0 Å².